The molecule has 1 N–H and O–H groups in total. The van der Waals surface area contributed by atoms with Crippen molar-refractivity contribution < 1.29 is 4.74 Å². The molecule has 0 saturated carbocycles. The quantitative estimate of drug-likeness (QED) is 0.922. The molecule has 2 aromatic rings. The molecule has 0 radical (unpaired) electrons. The Balaban J connectivity index is 1.75. The highest BCUT2D eigenvalue weighted by molar-refractivity contribution is 5.13. The summed E-state index contributed by atoms with van der Waals surface area (Å²) in [5.74, 6) is 0. The summed E-state index contributed by atoms with van der Waals surface area (Å²) >= 11 is 0. The van der Waals surface area contributed by atoms with E-state index < -0.39 is 0 Å². The molecule has 22 heavy (non-hydrogen) atoms. The third-order valence-electron chi connectivity index (χ3n) is 4.17. The average Bonchev–Trinajstić information content (AvgIpc) is 3.16. The van der Waals surface area contributed by atoms with Gasteiger partial charge in [0.25, 0.3) is 0 Å². The number of rotatable bonds is 5. The molecule has 5 nitrogen and oxygen atoms in total. The minimum atomic E-state index is 0.0519. The molecule has 1 saturated heterocycles. The van der Waals surface area contributed by atoms with Crippen LogP contribution in [-0.4, -0.2) is 27.4 Å². The number of pyridine rings is 1. The Bertz CT molecular complexity index is 596. The predicted molar refractivity (Wildman–Crippen MR) is 85.5 cm³/mol. The van der Waals surface area contributed by atoms with Gasteiger partial charge in [0, 0.05) is 37.1 Å². The topological polar surface area (TPSA) is 52.0 Å². The zero-order chi connectivity index (χ0) is 15.5. The van der Waals surface area contributed by atoms with Crippen LogP contribution >= 0.6 is 0 Å². The molecule has 5 heteroatoms. The average molecular weight is 300 g/mol. The third kappa shape index (κ3) is 3.05. The van der Waals surface area contributed by atoms with Crippen LogP contribution < -0.4 is 5.32 Å². The maximum Gasteiger partial charge on any atom is 0.114 e. The minimum Gasteiger partial charge on any atom is -0.370 e. The molecule has 2 aromatic heterocycles. The lowest BCUT2D eigenvalue weighted by Gasteiger charge is -2.25. The Hall–Kier alpha value is -1.72. The zero-order valence-electron chi connectivity index (χ0n) is 13.4. The molecule has 1 aliphatic heterocycles. The van der Waals surface area contributed by atoms with E-state index >= 15 is 0 Å². The van der Waals surface area contributed by atoms with Gasteiger partial charge in [-0.1, -0.05) is 6.07 Å². The molecule has 0 aromatic carbocycles. The van der Waals surface area contributed by atoms with Gasteiger partial charge in [0.2, 0.25) is 0 Å². The van der Waals surface area contributed by atoms with Crippen molar-refractivity contribution in [3.63, 3.8) is 0 Å². The number of nitrogens with one attached hydrogen (secondary N) is 1. The van der Waals surface area contributed by atoms with Crippen molar-refractivity contribution in [3.8, 4) is 0 Å². The van der Waals surface area contributed by atoms with Gasteiger partial charge in [-0.25, -0.2) is 0 Å². The fourth-order valence-electron chi connectivity index (χ4n) is 3.07. The highest BCUT2D eigenvalue weighted by Gasteiger charge is 2.33. The molecule has 3 atom stereocenters. The molecule has 0 amide bonds. The summed E-state index contributed by atoms with van der Waals surface area (Å²) in [6, 6.07) is 8.91. The van der Waals surface area contributed by atoms with Crippen LogP contribution in [0.15, 0.2) is 36.7 Å². The summed E-state index contributed by atoms with van der Waals surface area (Å²) in [5, 5.41) is 8.10. The van der Waals surface area contributed by atoms with Gasteiger partial charge in [-0.05, 0) is 45.4 Å². The van der Waals surface area contributed by atoms with Crippen molar-refractivity contribution in [1.29, 1.82) is 0 Å². The summed E-state index contributed by atoms with van der Waals surface area (Å²) < 4.78 is 8.05. The Kier molecular flexibility index (Phi) is 4.55. The van der Waals surface area contributed by atoms with Crippen LogP contribution in [0.2, 0.25) is 0 Å². The van der Waals surface area contributed by atoms with Crippen molar-refractivity contribution >= 4 is 0 Å². The molecule has 1 aliphatic rings. The van der Waals surface area contributed by atoms with Crippen molar-refractivity contribution in [2.24, 2.45) is 0 Å². The van der Waals surface area contributed by atoms with Gasteiger partial charge in [-0.3, -0.25) is 9.67 Å². The van der Waals surface area contributed by atoms with E-state index in [1.54, 1.807) is 0 Å². The largest absolute Gasteiger partial charge is 0.370 e. The number of aromatic nitrogens is 3. The van der Waals surface area contributed by atoms with E-state index in [4.69, 9.17) is 4.74 Å². The van der Waals surface area contributed by atoms with Gasteiger partial charge in [0.15, 0.2) is 0 Å². The van der Waals surface area contributed by atoms with E-state index in [-0.39, 0.29) is 18.2 Å². The Morgan fingerprint density at radius 2 is 2.09 bits per heavy atom. The van der Waals surface area contributed by atoms with Crippen molar-refractivity contribution in [3.05, 3.63) is 48.0 Å². The van der Waals surface area contributed by atoms with E-state index in [1.807, 2.05) is 24.5 Å². The first kappa shape index (κ1) is 15.2. The summed E-state index contributed by atoms with van der Waals surface area (Å²) in [6.45, 7) is 7.22. The van der Waals surface area contributed by atoms with Crippen LogP contribution in [0.1, 0.15) is 56.8 Å². The minimum absolute atomic E-state index is 0.0519. The molecule has 1 unspecified atom stereocenters. The van der Waals surface area contributed by atoms with Crippen LogP contribution in [0.3, 0.4) is 0 Å². The van der Waals surface area contributed by atoms with Crippen molar-refractivity contribution in [2.45, 2.75) is 51.4 Å². The van der Waals surface area contributed by atoms with Crippen LogP contribution in [0.25, 0.3) is 0 Å². The molecule has 0 bridgehead atoms. The lowest BCUT2D eigenvalue weighted by atomic mass is 10.0. The third-order valence-corrected chi connectivity index (χ3v) is 4.17. The van der Waals surface area contributed by atoms with Gasteiger partial charge in [0.1, 0.15) is 6.10 Å². The van der Waals surface area contributed by atoms with Crippen LogP contribution in [0.4, 0.5) is 0 Å². The Morgan fingerprint density at radius 3 is 2.82 bits per heavy atom. The number of hydrogen-bond acceptors (Lipinski definition) is 4. The fraction of sp³-hybridized carbons (Fsp3) is 0.529. The van der Waals surface area contributed by atoms with E-state index in [9.17, 15) is 0 Å². The van der Waals surface area contributed by atoms with E-state index in [0.29, 0.717) is 6.04 Å². The van der Waals surface area contributed by atoms with E-state index in [1.165, 1.54) is 0 Å². The highest BCUT2D eigenvalue weighted by Crippen LogP contribution is 2.31. The standard InChI is InChI=1S/C17H24N4O/c1-12(2)21-16(7-10-19-21)17-15(8-11-22-17)20-13(3)14-6-4-5-9-18-14/h4-7,9-10,12-13,15,17,20H,8,11H2,1-3H3/t13?,15-,17-/m0/s1. The van der Waals surface area contributed by atoms with Crippen LogP contribution in [0, 0.1) is 0 Å². The summed E-state index contributed by atoms with van der Waals surface area (Å²) in [4.78, 5) is 4.43. The maximum atomic E-state index is 5.99. The molecule has 118 valence electrons. The zero-order valence-corrected chi connectivity index (χ0v) is 13.4. The molecule has 1 fully saturated rings. The number of ether oxygens (including phenoxy) is 1. The number of nitrogens with zero attached hydrogens (tertiary/aromatic N) is 3. The summed E-state index contributed by atoms with van der Waals surface area (Å²) in [5.41, 5.74) is 2.21. The monoisotopic (exact) mass is 300 g/mol. The first-order valence-corrected chi connectivity index (χ1v) is 7.99. The SMILES string of the molecule is CC(N[C@H]1CCO[C@@H]1c1ccnn1C(C)C)c1ccccn1. The summed E-state index contributed by atoms with van der Waals surface area (Å²) in [6.07, 6.45) is 4.75. The predicted octanol–water partition coefficient (Wildman–Crippen LogP) is 3.04. The molecular weight excluding hydrogens is 276 g/mol. The van der Waals surface area contributed by atoms with Gasteiger partial charge in [-0.15, -0.1) is 0 Å². The second-order valence-corrected chi connectivity index (χ2v) is 6.12. The molecule has 0 aliphatic carbocycles. The second kappa shape index (κ2) is 6.58. The van der Waals surface area contributed by atoms with Gasteiger partial charge >= 0.3 is 0 Å². The lowest BCUT2D eigenvalue weighted by Crippen LogP contribution is -2.35. The van der Waals surface area contributed by atoms with Crippen LogP contribution in [0.5, 0.6) is 0 Å². The van der Waals surface area contributed by atoms with Gasteiger partial charge < -0.3 is 10.1 Å². The molecular formula is C17H24N4O. The van der Waals surface area contributed by atoms with E-state index in [2.05, 4.69) is 53.0 Å². The van der Waals surface area contributed by atoms with Crippen LogP contribution in [-0.2, 0) is 4.74 Å². The molecule has 3 rings (SSSR count). The van der Waals surface area contributed by atoms with Crippen molar-refractivity contribution in [1.82, 2.24) is 20.1 Å². The second-order valence-electron chi connectivity index (χ2n) is 6.12. The lowest BCUT2D eigenvalue weighted by molar-refractivity contribution is 0.0881. The van der Waals surface area contributed by atoms with E-state index in [0.717, 1.165) is 24.4 Å². The first-order chi connectivity index (χ1) is 10.7. The molecule has 0 spiro atoms. The number of hydrogen-bond donors (Lipinski definition) is 1. The van der Waals surface area contributed by atoms with Gasteiger partial charge in [-0.2, -0.15) is 5.10 Å². The fourth-order valence-corrected chi connectivity index (χ4v) is 3.07. The van der Waals surface area contributed by atoms with Gasteiger partial charge in [0.05, 0.1) is 11.4 Å². The Labute approximate surface area is 131 Å². The maximum absolute atomic E-state index is 5.99. The normalized spacial score (nSPS) is 23.1. The highest BCUT2D eigenvalue weighted by atomic mass is 16.5. The summed E-state index contributed by atoms with van der Waals surface area (Å²) in [7, 11) is 0. The smallest absolute Gasteiger partial charge is 0.114 e. The van der Waals surface area contributed by atoms with Crippen molar-refractivity contribution in [2.75, 3.05) is 6.61 Å². The Morgan fingerprint density at radius 1 is 1.23 bits per heavy atom. The first-order valence-electron chi connectivity index (χ1n) is 7.99. The molecule has 3 heterocycles.